The first-order valence-electron chi connectivity index (χ1n) is 5.85. The lowest BCUT2D eigenvalue weighted by Crippen LogP contribution is -2.06. The Hall–Kier alpha value is -1.17. The fourth-order valence-electron chi connectivity index (χ4n) is 1.21. The molecule has 0 aromatic heterocycles. The zero-order chi connectivity index (χ0) is 14.7. The van der Waals surface area contributed by atoms with Gasteiger partial charge in [0.25, 0.3) is 0 Å². The summed E-state index contributed by atoms with van der Waals surface area (Å²) >= 11 is 0. The molecule has 110 valence electrons. The Morgan fingerprint density at radius 3 is 2.26 bits per heavy atom. The van der Waals surface area contributed by atoms with Crippen molar-refractivity contribution in [3.8, 4) is 0 Å². The monoisotopic (exact) mass is 294 g/mol. The van der Waals surface area contributed by atoms with Gasteiger partial charge in [-0.2, -0.15) is 0 Å². The van der Waals surface area contributed by atoms with E-state index in [2.05, 4.69) is 11.1 Å². The van der Waals surface area contributed by atoms with Crippen LogP contribution in [0.2, 0.25) is 0 Å². The van der Waals surface area contributed by atoms with Gasteiger partial charge in [-0.3, -0.25) is 9.36 Å². The molecule has 19 heavy (non-hydrogen) atoms. The van der Waals surface area contributed by atoms with Crippen LogP contribution in [0, 0.1) is 0 Å². The van der Waals surface area contributed by atoms with Gasteiger partial charge in [0.2, 0.25) is 0 Å². The largest absolute Gasteiger partial charge is 0.481 e. The molecular formula is C11H19O7P. The van der Waals surface area contributed by atoms with Gasteiger partial charge in [0.05, 0.1) is 13.2 Å². The van der Waals surface area contributed by atoms with Crippen molar-refractivity contribution in [2.75, 3.05) is 19.4 Å². The van der Waals surface area contributed by atoms with Gasteiger partial charge < -0.3 is 19.3 Å². The predicted molar refractivity (Wildman–Crippen MR) is 67.9 cm³/mol. The highest BCUT2D eigenvalue weighted by molar-refractivity contribution is 7.53. The molecular weight excluding hydrogens is 275 g/mol. The minimum absolute atomic E-state index is 0.0352. The highest BCUT2D eigenvalue weighted by atomic mass is 31.2. The van der Waals surface area contributed by atoms with Crippen LogP contribution in [0.15, 0.2) is 12.7 Å². The van der Waals surface area contributed by atoms with Gasteiger partial charge in [-0.15, -0.1) is 0 Å². The number of hydrogen-bond donors (Lipinski definition) is 2. The van der Waals surface area contributed by atoms with E-state index in [9.17, 15) is 14.2 Å². The van der Waals surface area contributed by atoms with E-state index in [1.165, 1.54) is 0 Å². The molecule has 0 aliphatic rings. The first-order valence-corrected chi connectivity index (χ1v) is 7.61. The number of carbonyl (C=O) groups excluding carboxylic acids is 1. The summed E-state index contributed by atoms with van der Waals surface area (Å²) in [5.74, 6) is -1.83. The van der Waals surface area contributed by atoms with E-state index in [-0.39, 0.29) is 6.61 Å². The van der Waals surface area contributed by atoms with Crippen LogP contribution < -0.4 is 0 Å². The maximum atomic E-state index is 11.2. The first kappa shape index (κ1) is 17.8. The molecule has 0 saturated carbocycles. The quantitative estimate of drug-likeness (QED) is 0.257. The van der Waals surface area contributed by atoms with Crippen LogP contribution in [0.1, 0.15) is 25.7 Å². The first-order chi connectivity index (χ1) is 8.87. The van der Waals surface area contributed by atoms with Gasteiger partial charge in [-0.05, 0) is 19.3 Å². The topological polar surface area (TPSA) is 110 Å². The van der Waals surface area contributed by atoms with Crippen LogP contribution in [-0.2, 0) is 23.4 Å². The summed E-state index contributed by atoms with van der Waals surface area (Å²) in [6.45, 7) is 3.60. The predicted octanol–water partition coefficient (Wildman–Crippen LogP) is 1.56. The summed E-state index contributed by atoms with van der Waals surface area (Å²) in [4.78, 5) is 30.0. The van der Waals surface area contributed by atoms with E-state index < -0.39 is 25.7 Å². The lowest BCUT2D eigenvalue weighted by Gasteiger charge is -2.09. The van der Waals surface area contributed by atoms with Crippen LogP contribution in [0.25, 0.3) is 0 Å². The van der Waals surface area contributed by atoms with Crippen molar-refractivity contribution in [1.82, 2.24) is 0 Å². The number of ether oxygens (including phenoxy) is 1. The lowest BCUT2D eigenvalue weighted by molar-refractivity contribution is -0.138. The van der Waals surface area contributed by atoms with Crippen LogP contribution in [0.5, 0.6) is 0 Å². The maximum Gasteiger partial charge on any atom is 0.339 e. The Labute approximate surface area is 111 Å². The Morgan fingerprint density at radius 1 is 1.16 bits per heavy atom. The van der Waals surface area contributed by atoms with E-state index in [1.54, 1.807) is 0 Å². The van der Waals surface area contributed by atoms with E-state index in [0.717, 1.165) is 18.9 Å². The molecule has 0 radical (unpaired) electrons. The Bertz CT molecular complexity index is 353. The molecule has 0 amide bonds. The standard InChI is InChI=1S/C11H19O7P/c1-2-11(14)17-7-5-3-4-6-8-18-19(15,16)9-10(12)13/h2H,1,3-9H2,(H,12,13)(H,15,16). The third-order valence-electron chi connectivity index (χ3n) is 2.08. The highest BCUT2D eigenvalue weighted by Gasteiger charge is 2.23. The Morgan fingerprint density at radius 2 is 1.74 bits per heavy atom. The highest BCUT2D eigenvalue weighted by Crippen LogP contribution is 2.41. The minimum atomic E-state index is -4.01. The molecule has 0 aliphatic carbocycles. The summed E-state index contributed by atoms with van der Waals surface area (Å²) in [6, 6.07) is 0. The second-order valence-electron chi connectivity index (χ2n) is 3.81. The van der Waals surface area contributed by atoms with Gasteiger partial charge in [-0.1, -0.05) is 13.0 Å². The Kier molecular flexibility index (Phi) is 9.12. The van der Waals surface area contributed by atoms with Crippen molar-refractivity contribution in [2.24, 2.45) is 0 Å². The molecule has 0 bridgehead atoms. The smallest absolute Gasteiger partial charge is 0.339 e. The number of aliphatic carboxylic acids is 1. The normalized spacial score (nSPS) is 13.5. The number of carboxylic acid groups (broad SMARTS) is 1. The number of hydrogen-bond acceptors (Lipinski definition) is 5. The number of unbranched alkanes of at least 4 members (excludes halogenated alkanes) is 3. The third-order valence-corrected chi connectivity index (χ3v) is 3.33. The summed E-state index contributed by atoms with van der Waals surface area (Å²) in [5, 5.41) is 8.35. The zero-order valence-electron chi connectivity index (χ0n) is 10.6. The molecule has 0 saturated heterocycles. The van der Waals surface area contributed by atoms with E-state index >= 15 is 0 Å². The minimum Gasteiger partial charge on any atom is -0.481 e. The molecule has 0 aliphatic heterocycles. The SMILES string of the molecule is C=CC(=O)OCCCCCCOP(=O)(O)CC(=O)O. The van der Waals surface area contributed by atoms with Crippen molar-refractivity contribution in [3.63, 3.8) is 0 Å². The molecule has 0 aromatic carbocycles. The summed E-state index contributed by atoms with van der Waals surface area (Å²) in [7, 11) is -4.01. The molecule has 1 atom stereocenters. The maximum absolute atomic E-state index is 11.2. The second-order valence-corrected chi connectivity index (χ2v) is 5.66. The molecule has 0 fully saturated rings. The van der Waals surface area contributed by atoms with Gasteiger partial charge in [0.1, 0.15) is 6.16 Å². The number of esters is 1. The molecule has 0 spiro atoms. The van der Waals surface area contributed by atoms with Crippen molar-refractivity contribution in [2.45, 2.75) is 25.7 Å². The summed E-state index contributed by atoms with van der Waals surface area (Å²) in [6.07, 6.45) is 2.95. The van der Waals surface area contributed by atoms with Gasteiger partial charge in [0, 0.05) is 6.08 Å². The van der Waals surface area contributed by atoms with E-state index in [1.807, 2.05) is 0 Å². The van der Waals surface area contributed by atoms with Crippen LogP contribution in [0.4, 0.5) is 0 Å². The zero-order valence-corrected chi connectivity index (χ0v) is 11.5. The van der Waals surface area contributed by atoms with Crippen molar-refractivity contribution in [3.05, 3.63) is 12.7 Å². The third kappa shape index (κ3) is 11.6. The lowest BCUT2D eigenvalue weighted by atomic mass is 10.2. The van der Waals surface area contributed by atoms with Gasteiger partial charge in [-0.25, -0.2) is 4.79 Å². The second kappa shape index (κ2) is 9.72. The number of rotatable bonds is 11. The average Bonchev–Trinajstić information content (AvgIpc) is 2.30. The number of carboxylic acids is 1. The van der Waals surface area contributed by atoms with E-state index in [0.29, 0.717) is 19.4 Å². The van der Waals surface area contributed by atoms with Crippen molar-refractivity contribution in [1.29, 1.82) is 0 Å². The molecule has 2 N–H and O–H groups in total. The van der Waals surface area contributed by atoms with Gasteiger partial charge >= 0.3 is 19.5 Å². The van der Waals surface area contributed by atoms with Crippen LogP contribution in [-0.4, -0.2) is 41.3 Å². The van der Waals surface area contributed by atoms with Crippen LogP contribution >= 0.6 is 7.60 Å². The van der Waals surface area contributed by atoms with Crippen LogP contribution in [0.3, 0.4) is 0 Å². The van der Waals surface area contributed by atoms with Crippen molar-refractivity contribution < 1.29 is 33.4 Å². The molecule has 7 nitrogen and oxygen atoms in total. The van der Waals surface area contributed by atoms with E-state index in [4.69, 9.17) is 14.7 Å². The molecule has 8 heteroatoms. The van der Waals surface area contributed by atoms with Gasteiger partial charge in [0.15, 0.2) is 0 Å². The molecule has 0 rings (SSSR count). The molecule has 1 unspecified atom stereocenters. The molecule has 0 heterocycles. The van der Waals surface area contributed by atoms with Crippen molar-refractivity contribution >= 4 is 19.5 Å². The Balaban J connectivity index is 3.45. The average molecular weight is 294 g/mol. The number of carbonyl (C=O) groups is 2. The fraction of sp³-hybridized carbons (Fsp3) is 0.636. The summed E-state index contributed by atoms with van der Waals surface area (Å²) < 4.78 is 20.5. The summed E-state index contributed by atoms with van der Waals surface area (Å²) in [5.41, 5.74) is 0. The molecule has 0 aromatic rings. The fourth-order valence-corrected chi connectivity index (χ4v) is 2.06.